The maximum absolute atomic E-state index is 3.52. The van der Waals surface area contributed by atoms with Crippen LogP contribution in [0.3, 0.4) is 0 Å². The van der Waals surface area contributed by atoms with Gasteiger partial charge in [-0.1, -0.05) is 20.3 Å². The summed E-state index contributed by atoms with van der Waals surface area (Å²) in [4.78, 5) is 2.43. The number of likely N-dealkylation sites (N-methyl/N-ethyl adjacent to an activating group) is 1. The van der Waals surface area contributed by atoms with Gasteiger partial charge in [0.15, 0.2) is 0 Å². The van der Waals surface area contributed by atoms with E-state index in [9.17, 15) is 0 Å². The Morgan fingerprint density at radius 1 is 1.27 bits per heavy atom. The minimum absolute atomic E-state index is 0.246. The molecule has 0 heterocycles. The van der Waals surface area contributed by atoms with Crippen molar-refractivity contribution in [3.8, 4) is 0 Å². The molecule has 0 aromatic carbocycles. The molecule has 92 valence electrons. The third-order valence-corrected chi connectivity index (χ3v) is 2.55. The molecule has 0 saturated carbocycles. The summed E-state index contributed by atoms with van der Waals surface area (Å²) < 4.78 is 0. The molecule has 0 saturated heterocycles. The number of nitrogens with zero attached hydrogens (tertiary/aromatic N) is 1. The third kappa shape index (κ3) is 10.2. The van der Waals surface area contributed by atoms with Crippen molar-refractivity contribution in [3.05, 3.63) is 0 Å². The van der Waals surface area contributed by atoms with E-state index in [-0.39, 0.29) is 5.54 Å². The summed E-state index contributed by atoms with van der Waals surface area (Å²) in [5.41, 5.74) is 0.246. The van der Waals surface area contributed by atoms with Crippen LogP contribution in [-0.4, -0.2) is 37.1 Å². The molecular weight excluding hydrogens is 184 g/mol. The van der Waals surface area contributed by atoms with Gasteiger partial charge in [-0.15, -0.1) is 0 Å². The largest absolute Gasteiger partial charge is 0.311 e. The highest BCUT2D eigenvalue weighted by atomic mass is 15.1. The van der Waals surface area contributed by atoms with E-state index in [1.54, 1.807) is 0 Å². The summed E-state index contributed by atoms with van der Waals surface area (Å²) in [7, 11) is 2.22. The fourth-order valence-electron chi connectivity index (χ4n) is 1.83. The van der Waals surface area contributed by atoms with Gasteiger partial charge < -0.3 is 10.2 Å². The summed E-state index contributed by atoms with van der Waals surface area (Å²) in [6, 6.07) is 0. The van der Waals surface area contributed by atoms with E-state index in [2.05, 4.69) is 51.9 Å². The molecule has 0 fully saturated rings. The number of hydrogen-bond donors (Lipinski definition) is 1. The molecule has 0 aliphatic heterocycles. The van der Waals surface area contributed by atoms with Gasteiger partial charge in [-0.2, -0.15) is 0 Å². The fraction of sp³-hybridized carbons (Fsp3) is 1.00. The molecule has 0 amide bonds. The molecule has 2 nitrogen and oxygen atoms in total. The highest BCUT2D eigenvalue weighted by Gasteiger charge is 2.09. The molecule has 15 heavy (non-hydrogen) atoms. The van der Waals surface area contributed by atoms with Gasteiger partial charge in [0.1, 0.15) is 0 Å². The van der Waals surface area contributed by atoms with Gasteiger partial charge in [-0.05, 0) is 40.2 Å². The smallest absolute Gasteiger partial charge is 0.0104 e. The van der Waals surface area contributed by atoms with Crippen molar-refractivity contribution in [2.24, 2.45) is 5.92 Å². The van der Waals surface area contributed by atoms with Crippen LogP contribution in [0.15, 0.2) is 0 Å². The lowest BCUT2D eigenvalue weighted by Crippen LogP contribution is -2.41. The lowest BCUT2D eigenvalue weighted by molar-refractivity contribution is 0.266. The average molecular weight is 214 g/mol. The first-order valence-electron chi connectivity index (χ1n) is 6.28. The Kier molecular flexibility index (Phi) is 7.20. The zero-order chi connectivity index (χ0) is 11.9. The van der Waals surface area contributed by atoms with Crippen LogP contribution in [0.25, 0.3) is 0 Å². The van der Waals surface area contributed by atoms with E-state index in [4.69, 9.17) is 0 Å². The second-order valence-electron chi connectivity index (χ2n) is 5.83. The van der Waals surface area contributed by atoms with Crippen LogP contribution in [0.1, 0.15) is 47.5 Å². The van der Waals surface area contributed by atoms with E-state index in [1.807, 2.05) is 0 Å². The van der Waals surface area contributed by atoms with Crippen molar-refractivity contribution < 1.29 is 0 Å². The Bertz CT molecular complexity index is 149. The average Bonchev–Trinajstić information content (AvgIpc) is 2.01. The lowest BCUT2D eigenvalue weighted by Gasteiger charge is -2.25. The molecular formula is C13H30N2. The van der Waals surface area contributed by atoms with Crippen molar-refractivity contribution >= 4 is 0 Å². The summed E-state index contributed by atoms with van der Waals surface area (Å²) in [6.07, 6.45) is 2.65. The first kappa shape index (κ1) is 14.9. The highest BCUT2D eigenvalue weighted by Crippen LogP contribution is 2.06. The number of hydrogen-bond acceptors (Lipinski definition) is 2. The molecule has 0 aromatic rings. The molecule has 2 heteroatoms. The minimum atomic E-state index is 0.246. The zero-order valence-corrected chi connectivity index (χ0v) is 11.6. The standard InChI is InChI=1S/C13H30N2/c1-7-8-12(2)11-15(6)10-9-14-13(3,4)5/h12,14H,7-11H2,1-6H3. The quantitative estimate of drug-likeness (QED) is 0.701. The summed E-state index contributed by atoms with van der Waals surface area (Å²) in [5, 5.41) is 3.52. The molecule has 0 radical (unpaired) electrons. The molecule has 0 spiro atoms. The highest BCUT2D eigenvalue weighted by molar-refractivity contribution is 4.71. The van der Waals surface area contributed by atoms with Crippen molar-refractivity contribution in [1.29, 1.82) is 0 Å². The van der Waals surface area contributed by atoms with Crippen molar-refractivity contribution in [2.75, 3.05) is 26.7 Å². The summed E-state index contributed by atoms with van der Waals surface area (Å²) >= 11 is 0. The second kappa shape index (κ2) is 7.24. The predicted molar refractivity (Wildman–Crippen MR) is 69.3 cm³/mol. The van der Waals surface area contributed by atoms with E-state index in [0.29, 0.717) is 0 Å². The van der Waals surface area contributed by atoms with Crippen molar-refractivity contribution in [1.82, 2.24) is 10.2 Å². The molecule has 0 rings (SSSR count). The Morgan fingerprint density at radius 2 is 1.87 bits per heavy atom. The molecule has 1 N–H and O–H groups in total. The van der Waals surface area contributed by atoms with Gasteiger partial charge in [-0.3, -0.25) is 0 Å². The Morgan fingerprint density at radius 3 is 2.33 bits per heavy atom. The van der Waals surface area contributed by atoms with E-state index >= 15 is 0 Å². The van der Waals surface area contributed by atoms with Gasteiger partial charge in [-0.25, -0.2) is 0 Å². The van der Waals surface area contributed by atoms with E-state index in [0.717, 1.165) is 19.0 Å². The van der Waals surface area contributed by atoms with Crippen LogP contribution < -0.4 is 5.32 Å². The first-order chi connectivity index (χ1) is 6.85. The number of nitrogens with one attached hydrogen (secondary N) is 1. The Labute approximate surface area is 96.4 Å². The molecule has 0 bridgehead atoms. The van der Waals surface area contributed by atoms with Crippen LogP contribution in [0.4, 0.5) is 0 Å². The SMILES string of the molecule is CCCC(C)CN(C)CCNC(C)(C)C. The topological polar surface area (TPSA) is 15.3 Å². The van der Waals surface area contributed by atoms with Crippen molar-refractivity contribution in [3.63, 3.8) is 0 Å². The summed E-state index contributed by atoms with van der Waals surface area (Å²) in [5.74, 6) is 0.828. The Hall–Kier alpha value is -0.0800. The van der Waals surface area contributed by atoms with Crippen molar-refractivity contribution in [2.45, 2.75) is 53.0 Å². The van der Waals surface area contributed by atoms with Crippen LogP contribution in [-0.2, 0) is 0 Å². The number of rotatable bonds is 7. The first-order valence-corrected chi connectivity index (χ1v) is 6.28. The predicted octanol–water partition coefficient (Wildman–Crippen LogP) is 2.74. The van der Waals surface area contributed by atoms with Crippen LogP contribution in [0, 0.1) is 5.92 Å². The van der Waals surface area contributed by atoms with Gasteiger partial charge in [0.25, 0.3) is 0 Å². The maximum atomic E-state index is 3.52. The van der Waals surface area contributed by atoms with E-state index < -0.39 is 0 Å². The van der Waals surface area contributed by atoms with Crippen LogP contribution >= 0.6 is 0 Å². The lowest BCUT2D eigenvalue weighted by atomic mass is 10.1. The molecule has 0 aliphatic carbocycles. The second-order valence-corrected chi connectivity index (χ2v) is 5.83. The molecule has 0 aliphatic rings. The normalized spacial score (nSPS) is 14.6. The van der Waals surface area contributed by atoms with Gasteiger partial charge >= 0.3 is 0 Å². The minimum Gasteiger partial charge on any atom is -0.311 e. The van der Waals surface area contributed by atoms with Gasteiger partial charge in [0.05, 0.1) is 0 Å². The maximum Gasteiger partial charge on any atom is 0.0104 e. The van der Waals surface area contributed by atoms with Gasteiger partial charge in [0.2, 0.25) is 0 Å². The zero-order valence-electron chi connectivity index (χ0n) is 11.6. The molecule has 1 unspecified atom stereocenters. The Balaban J connectivity index is 3.53. The fourth-order valence-corrected chi connectivity index (χ4v) is 1.83. The molecule has 1 atom stereocenters. The van der Waals surface area contributed by atoms with Crippen LogP contribution in [0.2, 0.25) is 0 Å². The van der Waals surface area contributed by atoms with Gasteiger partial charge in [0, 0.05) is 25.2 Å². The monoisotopic (exact) mass is 214 g/mol. The third-order valence-electron chi connectivity index (χ3n) is 2.55. The summed E-state index contributed by atoms with van der Waals surface area (Å²) in [6.45, 7) is 14.7. The van der Waals surface area contributed by atoms with Crippen LogP contribution in [0.5, 0.6) is 0 Å². The van der Waals surface area contributed by atoms with E-state index in [1.165, 1.54) is 19.4 Å². The molecule has 0 aromatic heterocycles.